The summed E-state index contributed by atoms with van der Waals surface area (Å²) in [6.45, 7) is 2.12. The number of hydroxylamine groups is 1. The van der Waals surface area contributed by atoms with Crippen LogP contribution in [0.5, 0.6) is 0 Å². The molecule has 96 valence electrons. The van der Waals surface area contributed by atoms with Crippen LogP contribution in [-0.4, -0.2) is 31.4 Å². The molecule has 1 aromatic carbocycles. The van der Waals surface area contributed by atoms with Gasteiger partial charge in [0.1, 0.15) is 0 Å². The van der Waals surface area contributed by atoms with Gasteiger partial charge in [-0.25, -0.2) is 0 Å². The number of hydrogen-bond donors (Lipinski definition) is 1. The minimum Gasteiger partial charge on any atom is -0.283 e. The highest BCUT2D eigenvalue weighted by atomic mass is 35.5. The maximum Gasteiger partial charge on any atom is 0.0996 e. The molecule has 2 rings (SSSR count). The van der Waals surface area contributed by atoms with E-state index in [4.69, 9.17) is 16.4 Å². The van der Waals surface area contributed by atoms with Crippen molar-refractivity contribution in [1.29, 1.82) is 0 Å². The molecule has 0 amide bonds. The van der Waals surface area contributed by atoms with Gasteiger partial charge < -0.3 is 0 Å². The fourth-order valence-electron chi connectivity index (χ4n) is 1.61. The zero-order chi connectivity index (χ0) is 12.8. The van der Waals surface area contributed by atoms with E-state index in [9.17, 15) is 0 Å². The third-order valence-corrected chi connectivity index (χ3v) is 2.76. The molecule has 4 nitrogen and oxygen atoms in total. The first-order valence-corrected chi connectivity index (χ1v) is 6.11. The van der Waals surface area contributed by atoms with E-state index in [0.29, 0.717) is 6.61 Å². The van der Waals surface area contributed by atoms with Crippen molar-refractivity contribution in [3.05, 3.63) is 46.6 Å². The number of rotatable bonds is 4. The van der Waals surface area contributed by atoms with Crippen molar-refractivity contribution in [3.63, 3.8) is 0 Å². The van der Waals surface area contributed by atoms with E-state index in [-0.39, 0.29) is 0 Å². The monoisotopic (exact) mass is 265 g/mol. The predicted molar refractivity (Wildman–Crippen MR) is 73.4 cm³/mol. The molecule has 18 heavy (non-hydrogen) atoms. The molecule has 1 aromatic rings. The SMILES string of the molecule is CN1CN=C/C(=C/NOCc2ccc(Cl)cc2)C1. The predicted octanol–water partition coefficient (Wildman–Crippen LogP) is 2.22. The molecule has 0 radical (unpaired) electrons. The van der Waals surface area contributed by atoms with Crippen LogP contribution in [0.4, 0.5) is 0 Å². The third kappa shape index (κ3) is 4.14. The second kappa shape index (κ2) is 6.54. The summed E-state index contributed by atoms with van der Waals surface area (Å²) in [6.07, 6.45) is 3.69. The Labute approximate surface area is 112 Å². The first-order chi connectivity index (χ1) is 8.74. The van der Waals surface area contributed by atoms with Crippen LogP contribution in [0.3, 0.4) is 0 Å². The van der Waals surface area contributed by atoms with Crippen molar-refractivity contribution < 1.29 is 4.84 Å². The highest BCUT2D eigenvalue weighted by molar-refractivity contribution is 6.30. The summed E-state index contributed by atoms with van der Waals surface area (Å²) in [7, 11) is 2.03. The zero-order valence-corrected chi connectivity index (χ0v) is 11.0. The van der Waals surface area contributed by atoms with E-state index in [2.05, 4.69) is 15.4 Å². The number of likely N-dealkylation sites (N-methyl/N-ethyl adjacent to an activating group) is 1. The number of hydrogen-bond acceptors (Lipinski definition) is 4. The number of halogens is 1. The zero-order valence-electron chi connectivity index (χ0n) is 10.3. The molecule has 0 aromatic heterocycles. The Balaban J connectivity index is 1.75. The lowest BCUT2D eigenvalue weighted by Gasteiger charge is -2.18. The average molecular weight is 266 g/mol. The summed E-state index contributed by atoms with van der Waals surface area (Å²) in [5.41, 5.74) is 4.99. The molecule has 5 heteroatoms. The highest BCUT2D eigenvalue weighted by Gasteiger charge is 2.04. The van der Waals surface area contributed by atoms with Crippen LogP contribution >= 0.6 is 11.6 Å². The topological polar surface area (TPSA) is 36.9 Å². The Kier molecular flexibility index (Phi) is 4.75. The van der Waals surface area contributed by atoms with E-state index < -0.39 is 0 Å². The van der Waals surface area contributed by atoms with E-state index >= 15 is 0 Å². The molecule has 0 unspecified atom stereocenters. The lowest BCUT2D eigenvalue weighted by atomic mass is 10.2. The number of benzene rings is 1. The fraction of sp³-hybridized carbons (Fsp3) is 0.308. The van der Waals surface area contributed by atoms with Gasteiger partial charge in [0.2, 0.25) is 0 Å². The highest BCUT2D eigenvalue weighted by Crippen LogP contribution is 2.09. The van der Waals surface area contributed by atoms with Crippen LogP contribution in [-0.2, 0) is 11.4 Å². The Bertz CT molecular complexity index is 442. The minimum atomic E-state index is 0.494. The van der Waals surface area contributed by atoms with E-state index in [1.807, 2.05) is 43.7 Å². The molecule has 1 N–H and O–H groups in total. The van der Waals surface area contributed by atoms with Crippen molar-refractivity contribution >= 4 is 17.8 Å². The summed E-state index contributed by atoms with van der Waals surface area (Å²) < 4.78 is 0. The van der Waals surface area contributed by atoms with Gasteiger partial charge in [0.15, 0.2) is 0 Å². The molecule has 0 saturated heterocycles. The molecule has 0 bridgehead atoms. The lowest BCUT2D eigenvalue weighted by molar-refractivity contribution is 0.0570. The molecular weight excluding hydrogens is 250 g/mol. The summed E-state index contributed by atoms with van der Waals surface area (Å²) in [5, 5.41) is 0.732. The number of nitrogens with one attached hydrogen (secondary N) is 1. The number of aliphatic imine (C=N–C) groups is 1. The second-order valence-electron chi connectivity index (χ2n) is 4.22. The quantitative estimate of drug-likeness (QED) is 0.670. The smallest absolute Gasteiger partial charge is 0.0996 e. The summed E-state index contributed by atoms with van der Waals surface area (Å²) >= 11 is 5.80. The first-order valence-electron chi connectivity index (χ1n) is 5.73. The van der Waals surface area contributed by atoms with Gasteiger partial charge in [0.05, 0.1) is 13.3 Å². The van der Waals surface area contributed by atoms with Crippen molar-refractivity contribution in [2.24, 2.45) is 4.99 Å². The average Bonchev–Trinajstić information content (AvgIpc) is 2.37. The van der Waals surface area contributed by atoms with Gasteiger partial charge >= 0.3 is 0 Å². The van der Waals surface area contributed by atoms with Crippen LogP contribution in [0, 0.1) is 0 Å². The van der Waals surface area contributed by atoms with E-state index in [1.54, 1.807) is 0 Å². The van der Waals surface area contributed by atoms with Crippen LogP contribution in [0.1, 0.15) is 5.56 Å². The van der Waals surface area contributed by atoms with Gasteiger partial charge in [0, 0.05) is 29.6 Å². The maximum atomic E-state index is 5.80. The van der Waals surface area contributed by atoms with Gasteiger partial charge in [-0.1, -0.05) is 23.7 Å². The first kappa shape index (κ1) is 13.1. The van der Waals surface area contributed by atoms with Gasteiger partial charge in [0.25, 0.3) is 0 Å². The van der Waals surface area contributed by atoms with Crippen LogP contribution in [0.25, 0.3) is 0 Å². The molecular formula is C13H16ClN3O. The standard InChI is InChI=1S/C13H16ClN3O/c1-17-8-12(6-15-10-17)7-16-18-9-11-2-4-13(14)5-3-11/h2-7,16H,8-10H2,1H3/b12-7-. The second-order valence-corrected chi connectivity index (χ2v) is 4.66. The Morgan fingerprint density at radius 2 is 2.22 bits per heavy atom. The molecule has 0 saturated carbocycles. The largest absolute Gasteiger partial charge is 0.283 e. The van der Waals surface area contributed by atoms with Crippen molar-refractivity contribution in [2.75, 3.05) is 20.3 Å². The molecule has 1 heterocycles. The Morgan fingerprint density at radius 3 is 2.94 bits per heavy atom. The molecule has 0 fully saturated rings. The lowest BCUT2D eigenvalue weighted by Crippen LogP contribution is -2.26. The van der Waals surface area contributed by atoms with Gasteiger partial charge in [-0.2, -0.15) is 0 Å². The molecule has 0 aliphatic carbocycles. The molecule has 1 aliphatic rings. The summed E-state index contributed by atoms with van der Waals surface area (Å²) in [4.78, 5) is 11.7. The van der Waals surface area contributed by atoms with Crippen LogP contribution < -0.4 is 5.48 Å². The molecule has 0 atom stereocenters. The van der Waals surface area contributed by atoms with E-state index in [0.717, 1.165) is 29.4 Å². The van der Waals surface area contributed by atoms with Crippen molar-refractivity contribution in [1.82, 2.24) is 10.4 Å². The summed E-state index contributed by atoms with van der Waals surface area (Å²) in [5.74, 6) is 0. The van der Waals surface area contributed by atoms with Crippen LogP contribution in [0.15, 0.2) is 41.0 Å². The maximum absolute atomic E-state index is 5.80. The normalized spacial score (nSPS) is 18.2. The summed E-state index contributed by atoms with van der Waals surface area (Å²) in [6, 6.07) is 7.57. The third-order valence-electron chi connectivity index (χ3n) is 2.51. The van der Waals surface area contributed by atoms with Crippen LogP contribution in [0.2, 0.25) is 5.02 Å². The van der Waals surface area contributed by atoms with Crippen molar-refractivity contribution in [3.8, 4) is 0 Å². The van der Waals surface area contributed by atoms with Gasteiger partial charge in [-0.15, -0.1) is 0 Å². The van der Waals surface area contributed by atoms with Gasteiger partial charge in [-0.3, -0.25) is 20.2 Å². The fourth-order valence-corrected chi connectivity index (χ4v) is 1.73. The molecule has 0 spiro atoms. The molecule has 1 aliphatic heterocycles. The van der Waals surface area contributed by atoms with Crippen molar-refractivity contribution in [2.45, 2.75) is 6.61 Å². The number of nitrogens with zero attached hydrogens (tertiary/aromatic N) is 2. The minimum absolute atomic E-state index is 0.494. The Hall–Kier alpha value is -1.36. The Morgan fingerprint density at radius 1 is 1.44 bits per heavy atom. The van der Waals surface area contributed by atoms with Gasteiger partial charge in [-0.05, 0) is 24.7 Å². The van der Waals surface area contributed by atoms with E-state index in [1.165, 1.54) is 0 Å².